The maximum atomic E-state index is 12.8. The number of benzene rings is 1. The van der Waals surface area contributed by atoms with Crippen LogP contribution in [-0.2, 0) is 21.4 Å². The first-order valence-electron chi connectivity index (χ1n) is 11.4. The molecule has 0 bridgehead atoms. The van der Waals surface area contributed by atoms with Crippen LogP contribution >= 0.6 is 11.8 Å². The molecule has 1 N–H and O–H groups in total. The van der Waals surface area contributed by atoms with E-state index in [2.05, 4.69) is 28.7 Å². The van der Waals surface area contributed by atoms with Gasteiger partial charge in [-0.15, -0.1) is 0 Å². The van der Waals surface area contributed by atoms with Crippen molar-refractivity contribution in [3.8, 4) is 0 Å². The number of unbranched alkanes of at least 4 members (excludes halogenated alkanes) is 1. The highest BCUT2D eigenvalue weighted by molar-refractivity contribution is 8.00. The Morgan fingerprint density at radius 3 is 2.44 bits per heavy atom. The summed E-state index contributed by atoms with van der Waals surface area (Å²) in [5.41, 5.74) is 2.71. The second kappa shape index (κ2) is 10.9. The minimum atomic E-state index is -3.47. The predicted molar refractivity (Wildman–Crippen MR) is 130 cm³/mol. The lowest BCUT2D eigenvalue weighted by Crippen LogP contribution is -2.35. The number of carbonyl (C=O) groups excluding carboxylic acids is 1. The third-order valence-electron chi connectivity index (χ3n) is 5.88. The second-order valence-electron chi connectivity index (χ2n) is 8.31. The molecule has 1 aliphatic rings. The first-order chi connectivity index (χ1) is 15.2. The number of thioether (sulfide) groups is 1. The van der Waals surface area contributed by atoms with Gasteiger partial charge < -0.3 is 9.88 Å². The molecule has 3 rings (SSSR count). The van der Waals surface area contributed by atoms with Gasteiger partial charge in [0, 0.05) is 31.0 Å². The quantitative estimate of drug-likeness (QED) is 0.533. The van der Waals surface area contributed by atoms with E-state index in [1.807, 2.05) is 13.8 Å². The fraction of sp³-hybridized carbons (Fsp3) is 0.565. The molecule has 1 aromatic heterocycles. The van der Waals surface area contributed by atoms with Crippen molar-refractivity contribution in [2.75, 3.05) is 18.4 Å². The SMILES string of the molecule is CCCCn1c(S[C@@H](C)C(=O)Nc2ccc(S(=O)(=O)N3CCCCC3)cc2)nc(C)c1C. The van der Waals surface area contributed by atoms with Gasteiger partial charge in [0.1, 0.15) is 0 Å². The molecule has 0 saturated carbocycles. The van der Waals surface area contributed by atoms with Crippen LogP contribution in [0.2, 0.25) is 0 Å². The van der Waals surface area contributed by atoms with Crippen LogP contribution in [0.15, 0.2) is 34.3 Å². The molecule has 176 valence electrons. The van der Waals surface area contributed by atoms with Gasteiger partial charge in [-0.25, -0.2) is 13.4 Å². The molecule has 0 radical (unpaired) electrons. The first-order valence-corrected chi connectivity index (χ1v) is 13.7. The van der Waals surface area contributed by atoms with Crippen molar-refractivity contribution in [2.45, 2.75) is 81.6 Å². The molecule has 7 nitrogen and oxygen atoms in total. The highest BCUT2D eigenvalue weighted by Crippen LogP contribution is 2.27. The number of carbonyl (C=O) groups is 1. The molecule has 0 unspecified atom stereocenters. The van der Waals surface area contributed by atoms with Crippen LogP contribution in [-0.4, -0.2) is 46.5 Å². The molecule has 1 aliphatic heterocycles. The monoisotopic (exact) mass is 478 g/mol. The van der Waals surface area contributed by atoms with E-state index in [9.17, 15) is 13.2 Å². The number of nitrogens with one attached hydrogen (secondary N) is 1. The molecule has 0 aliphatic carbocycles. The van der Waals surface area contributed by atoms with Crippen LogP contribution < -0.4 is 5.32 Å². The van der Waals surface area contributed by atoms with Crippen molar-refractivity contribution in [3.05, 3.63) is 35.7 Å². The first kappa shape index (κ1) is 24.8. The Balaban J connectivity index is 1.64. The van der Waals surface area contributed by atoms with Crippen molar-refractivity contribution in [1.29, 1.82) is 0 Å². The minimum absolute atomic E-state index is 0.137. The summed E-state index contributed by atoms with van der Waals surface area (Å²) >= 11 is 1.45. The summed E-state index contributed by atoms with van der Waals surface area (Å²) in [5, 5.41) is 3.42. The van der Waals surface area contributed by atoms with E-state index in [0.29, 0.717) is 18.8 Å². The van der Waals surface area contributed by atoms with Gasteiger partial charge >= 0.3 is 0 Å². The number of piperidine rings is 1. The predicted octanol–water partition coefficient (Wildman–Crippen LogP) is 4.59. The number of aromatic nitrogens is 2. The van der Waals surface area contributed by atoms with Gasteiger partial charge in [0.05, 0.1) is 15.8 Å². The summed E-state index contributed by atoms with van der Waals surface area (Å²) in [5.74, 6) is -0.137. The van der Waals surface area contributed by atoms with E-state index in [0.717, 1.165) is 55.2 Å². The zero-order valence-electron chi connectivity index (χ0n) is 19.4. The lowest BCUT2D eigenvalue weighted by Gasteiger charge is -2.25. The Kier molecular flexibility index (Phi) is 8.41. The molecule has 1 saturated heterocycles. The summed E-state index contributed by atoms with van der Waals surface area (Å²) in [7, 11) is -3.47. The van der Waals surface area contributed by atoms with Gasteiger partial charge in [-0.2, -0.15) is 4.31 Å². The van der Waals surface area contributed by atoms with E-state index < -0.39 is 10.0 Å². The number of sulfonamides is 1. The van der Waals surface area contributed by atoms with E-state index in [4.69, 9.17) is 0 Å². The summed E-state index contributed by atoms with van der Waals surface area (Å²) in [4.78, 5) is 17.7. The molecule has 9 heteroatoms. The molecule has 32 heavy (non-hydrogen) atoms. The summed E-state index contributed by atoms with van der Waals surface area (Å²) in [6.07, 6.45) is 5.04. The second-order valence-corrected chi connectivity index (χ2v) is 11.6. The van der Waals surface area contributed by atoms with Crippen molar-refractivity contribution >= 4 is 33.4 Å². The number of hydrogen-bond donors (Lipinski definition) is 1. The zero-order valence-corrected chi connectivity index (χ0v) is 21.1. The Labute approximate surface area is 196 Å². The van der Waals surface area contributed by atoms with E-state index >= 15 is 0 Å². The smallest absolute Gasteiger partial charge is 0.243 e. The largest absolute Gasteiger partial charge is 0.325 e. The van der Waals surface area contributed by atoms with Crippen LogP contribution in [0.4, 0.5) is 5.69 Å². The van der Waals surface area contributed by atoms with Gasteiger partial charge in [0.2, 0.25) is 15.9 Å². The third kappa shape index (κ3) is 5.74. The average molecular weight is 479 g/mol. The molecule has 2 heterocycles. The van der Waals surface area contributed by atoms with Gasteiger partial charge in [0.15, 0.2) is 5.16 Å². The number of aryl methyl sites for hydroxylation is 1. The number of hydrogen-bond acceptors (Lipinski definition) is 5. The Bertz CT molecular complexity index is 1030. The molecule has 0 spiro atoms. The van der Waals surface area contributed by atoms with Crippen LogP contribution in [0.3, 0.4) is 0 Å². The highest BCUT2D eigenvalue weighted by atomic mass is 32.2. The van der Waals surface area contributed by atoms with Crippen LogP contribution in [0.1, 0.15) is 57.3 Å². The Morgan fingerprint density at radius 1 is 1.16 bits per heavy atom. The third-order valence-corrected chi connectivity index (χ3v) is 8.89. The Hall–Kier alpha value is -1.84. The zero-order chi connectivity index (χ0) is 23.3. The standard InChI is InChI=1S/C23H34N4O3S2/c1-5-6-16-27-18(3)17(2)24-23(27)31-19(4)22(28)25-20-10-12-21(13-11-20)32(29,30)26-14-8-7-9-15-26/h10-13,19H,5-9,14-16H2,1-4H3,(H,25,28)/t19-/m0/s1. The van der Waals surface area contributed by atoms with Crippen LogP contribution in [0.5, 0.6) is 0 Å². The fourth-order valence-electron chi connectivity index (χ4n) is 3.71. The minimum Gasteiger partial charge on any atom is -0.325 e. The van der Waals surface area contributed by atoms with Crippen molar-refractivity contribution in [3.63, 3.8) is 0 Å². The average Bonchev–Trinajstić information content (AvgIpc) is 3.05. The number of amides is 1. The van der Waals surface area contributed by atoms with Gasteiger partial charge in [-0.3, -0.25) is 4.79 Å². The van der Waals surface area contributed by atoms with Crippen LogP contribution in [0, 0.1) is 13.8 Å². The molecule has 1 atom stereocenters. The van der Waals surface area contributed by atoms with E-state index in [1.165, 1.54) is 11.8 Å². The Morgan fingerprint density at radius 2 is 1.81 bits per heavy atom. The number of anilines is 1. The number of imidazole rings is 1. The van der Waals surface area contributed by atoms with Crippen molar-refractivity contribution < 1.29 is 13.2 Å². The van der Waals surface area contributed by atoms with Gasteiger partial charge in [-0.05, 0) is 64.3 Å². The van der Waals surface area contributed by atoms with E-state index in [1.54, 1.807) is 28.6 Å². The number of nitrogens with zero attached hydrogens (tertiary/aromatic N) is 3. The topological polar surface area (TPSA) is 84.3 Å². The fourth-order valence-corrected chi connectivity index (χ4v) is 6.26. The molecule has 1 amide bonds. The molecule has 1 fully saturated rings. The summed E-state index contributed by atoms with van der Waals surface area (Å²) < 4.78 is 29.3. The normalized spacial score (nSPS) is 16.1. The summed E-state index contributed by atoms with van der Waals surface area (Å²) in [6, 6.07) is 6.45. The summed E-state index contributed by atoms with van der Waals surface area (Å²) in [6.45, 7) is 10.1. The lowest BCUT2D eigenvalue weighted by molar-refractivity contribution is -0.115. The lowest BCUT2D eigenvalue weighted by atomic mass is 10.2. The molecular weight excluding hydrogens is 444 g/mol. The van der Waals surface area contributed by atoms with E-state index in [-0.39, 0.29) is 16.1 Å². The number of rotatable bonds is 9. The molecule has 2 aromatic rings. The van der Waals surface area contributed by atoms with Crippen molar-refractivity contribution in [2.24, 2.45) is 0 Å². The maximum Gasteiger partial charge on any atom is 0.243 e. The van der Waals surface area contributed by atoms with Gasteiger partial charge in [0.25, 0.3) is 0 Å². The highest BCUT2D eigenvalue weighted by Gasteiger charge is 2.26. The molecular formula is C23H34N4O3S2. The molecule has 1 aromatic carbocycles. The maximum absolute atomic E-state index is 12.8. The van der Waals surface area contributed by atoms with Crippen molar-refractivity contribution in [1.82, 2.24) is 13.9 Å². The van der Waals surface area contributed by atoms with Crippen LogP contribution in [0.25, 0.3) is 0 Å². The van der Waals surface area contributed by atoms with Gasteiger partial charge in [-0.1, -0.05) is 31.5 Å².